The monoisotopic (exact) mass is 401 g/mol. The Hall–Kier alpha value is -3.10. The van der Waals surface area contributed by atoms with E-state index < -0.39 is 23.0 Å². The lowest BCUT2D eigenvalue weighted by atomic mass is 10.0. The zero-order chi connectivity index (χ0) is 21.6. The fourth-order valence-corrected chi connectivity index (χ4v) is 3.80. The van der Waals surface area contributed by atoms with Crippen LogP contribution in [0.15, 0.2) is 19.2 Å². The standard InChI is InChI=1S/C20H27N5O4/c1-7-8-9-25-11-15-13(17(26)23(5)20(29)22(15)4)10-14(25)16-12(2)21(3)19(28)24(6)18(16)27/h10-11,14H,7-9H2,1-6H3. The van der Waals surface area contributed by atoms with Crippen molar-refractivity contribution in [3.8, 4) is 0 Å². The van der Waals surface area contributed by atoms with Gasteiger partial charge in [-0.1, -0.05) is 13.3 Å². The molecule has 1 unspecified atom stereocenters. The number of hydrogen-bond donors (Lipinski definition) is 0. The predicted octanol–water partition coefficient (Wildman–Crippen LogP) is -1.83. The van der Waals surface area contributed by atoms with Crippen molar-refractivity contribution < 1.29 is 0 Å². The molecule has 3 heterocycles. The summed E-state index contributed by atoms with van der Waals surface area (Å²) in [5.74, 6) is 0. The first-order valence-corrected chi connectivity index (χ1v) is 9.63. The minimum absolute atomic E-state index is 0.377. The normalized spacial score (nSPS) is 15.7. The van der Waals surface area contributed by atoms with Crippen LogP contribution in [-0.2, 0) is 28.2 Å². The predicted molar refractivity (Wildman–Crippen MR) is 111 cm³/mol. The molecule has 0 bridgehead atoms. The van der Waals surface area contributed by atoms with Crippen molar-refractivity contribution in [2.24, 2.45) is 28.2 Å². The van der Waals surface area contributed by atoms with Crippen LogP contribution >= 0.6 is 0 Å². The summed E-state index contributed by atoms with van der Waals surface area (Å²) in [6.45, 7) is 4.45. The van der Waals surface area contributed by atoms with E-state index in [1.807, 2.05) is 4.90 Å². The smallest absolute Gasteiger partial charge is 0.330 e. The van der Waals surface area contributed by atoms with Gasteiger partial charge in [-0.2, -0.15) is 0 Å². The van der Waals surface area contributed by atoms with Gasteiger partial charge in [0.25, 0.3) is 11.1 Å². The average Bonchev–Trinajstić information content (AvgIpc) is 2.72. The Bertz CT molecular complexity index is 1340. The Morgan fingerprint density at radius 3 is 2.07 bits per heavy atom. The van der Waals surface area contributed by atoms with Gasteiger partial charge in [-0.15, -0.1) is 0 Å². The van der Waals surface area contributed by atoms with Crippen LogP contribution in [0.3, 0.4) is 0 Å². The lowest BCUT2D eigenvalue weighted by Gasteiger charge is -2.32. The van der Waals surface area contributed by atoms with E-state index in [0.29, 0.717) is 28.4 Å². The Morgan fingerprint density at radius 1 is 0.862 bits per heavy atom. The molecule has 1 atom stereocenters. The van der Waals surface area contributed by atoms with Gasteiger partial charge in [0.2, 0.25) is 0 Å². The Labute approximate surface area is 167 Å². The van der Waals surface area contributed by atoms with E-state index in [4.69, 9.17) is 0 Å². The lowest BCUT2D eigenvalue weighted by Crippen LogP contribution is -2.59. The van der Waals surface area contributed by atoms with Crippen LogP contribution in [0.5, 0.6) is 0 Å². The number of unbranched alkanes of at least 4 members (excludes halogenated alkanes) is 1. The molecule has 0 aliphatic carbocycles. The molecular weight excluding hydrogens is 374 g/mol. The Kier molecular flexibility index (Phi) is 5.25. The van der Waals surface area contributed by atoms with Crippen LogP contribution in [0.25, 0.3) is 12.3 Å². The Morgan fingerprint density at radius 2 is 1.45 bits per heavy atom. The fourth-order valence-electron chi connectivity index (χ4n) is 3.80. The van der Waals surface area contributed by atoms with Gasteiger partial charge in [-0.25, -0.2) is 9.59 Å². The van der Waals surface area contributed by atoms with Gasteiger partial charge >= 0.3 is 11.4 Å². The summed E-state index contributed by atoms with van der Waals surface area (Å²) >= 11 is 0. The first kappa shape index (κ1) is 20.6. The molecule has 0 saturated heterocycles. The highest BCUT2D eigenvalue weighted by molar-refractivity contribution is 5.46. The van der Waals surface area contributed by atoms with Crippen molar-refractivity contribution in [1.29, 1.82) is 0 Å². The molecule has 0 radical (unpaired) electrons. The van der Waals surface area contributed by atoms with Gasteiger partial charge in [-0.3, -0.25) is 23.3 Å². The fraction of sp³-hybridized carbons (Fsp3) is 0.500. The molecule has 2 aromatic rings. The third kappa shape index (κ3) is 3.10. The molecule has 0 saturated carbocycles. The number of rotatable bonds is 4. The van der Waals surface area contributed by atoms with Gasteiger partial charge in [0, 0.05) is 46.6 Å². The molecule has 3 rings (SSSR count). The quantitative estimate of drug-likeness (QED) is 0.601. The molecule has 9 heteroatoms. The summed E-state index contributed by atoms with van der Waals surface area (Å²) in [5.41, 5.74) is -0.579. The summed E-state index contributed by atoms with van der Waals surface area (Å²) in [5, 5.41) is 0.896. The van der Waals surface area contributed by atoms with Gasteiger partial charge in [-0.05, 0) is 19.4 Å². The van der Waals surface area contributed by atoms with Crippen LogP contribution in [0.1, 0.15) is 37.1 Å². The number of fused-ring (bicyclic) bond motifs is 1. The molecule has 1 aliphatic heterocycles. The molecule has 1 aliphatic rings. The average molecular weight is 401 g/mol. The van der Waals surface area contributed by atoms with Gasteiger partial charge in [0.1, 0.15) is 0 Å². The second-order valence-corrected chi connectivity index (χ2v) is 7.54. The minimum Gasteiger partial charge on any atom is -0.365 e. The highest BCUT2D eigenvalue weighted by Gasteiger charge is 2.27. The van der Waals surface area contributed by atoms with Crippen LogP contribution < -0.4 is 33.1 Å². The summed E-state index contributed by atoms with van der Waals surface area (Å²) in [6.07, 6.45) is 5.34. The van der Waals surface area contributed by atoms with Crippen LogP contribution in [0.4, 0.5) is 0 Å². The molecule has 2 aromatic heterocycles. The van der Waals surface area contributed by atoms with E-state index in [-0.39, 0.29) is 5.56 Å². The van der Waals surface area contributed by atoms with Crippen molar-refractivity contribution in [2.75, 3.05) is 6.54 Å². The second kappa shape index (κ2) is 7.38. The number of aromatic nitrogens is 4. The third-order valence-corrected chi connectivity index (χ3v) is 5.78. The molecule has 9 nitrogen and oxygen atoms in total. The third-order valence-electron chi connectivity index (χ3n) is 5.78. The molecular formula is C20H27N5O4. The first-order valence-electron chi connectivity index (χ1n) is 9.63. The van der Waals surface area contributed by atoms with Crippen molar-refractivity contribution in [3.63, 3.8) is 0 Å². The molecule has 0 N–H and O–H groups in total. The van der Waals surface area contributed by atoms with Crippen LogP contribution in [0.2, 0.25) is 0 Å². The molecule has 0 fully saturated rings. The topological polar surface area (TPSA) is 91.2 Å². The number of nitrogens with zero attached hydrogens (tertiary/aromatic N) is 5. The molecule has 0 amide bonds. The van der Waals surface area contributed by atoms with Crippen LogP contribution in [0, 0.1) is 6.92 Å². The zero-order valence-electron chi connectivity index (χ0n) is 17.7. The van der Waals surface area contributed by atoms with E-state index in [9.17, 15) is 19.2 Å². The van der Waals surface area contributed by atoms with Crippen LogP contribution in [-0.4, -0.2) is 29.7 Å². The minimum atomic E-state index is -0.509. The maximum Gasteiger partial charge on any atom is 0.330 e. The largest absolute Gasteiger partial charge is 0.365 e. The molecule has 156 valence electrons. The maximum absolute atomic E-state index is 13.0. The van der Waals surface area contributed by atoms with Gasteiger partial charge in [0.15, 0.2) is 0 Å². The van der Waals surface area contributed by atoms with E-state index >= 15 is 0 Å². The second-order valence-electron chi connectivity index (χ2n) is 7.54. The van der Waals surface area contributed by atoms with Gasteiger partial charge in [0.05, 0.1) is 22.2 Å². The summed E-state index contributed by atoms with van der Waals surface area (Å²) < 4.78 is 5.03. The summed E-state index contributed by atoms with van der Waals surface area (Å²) in [7, 11) is 6.14. The molecule has 0 spiro atoms. The summed E-state index contributed by atoms with van der Waals surface area (Å²) in [4.78, 5) is 52.4. The van der Waals surface area contributed by atoms with E-state index in [0.717, 1.165) is 22.0 Å². The summed E-state index contributed by atoms with van der Waals surface area (Å²) in [6, 6.07) is -0.509. The van der Waals surface area contributed by atoms with E-state index in [2.05, 4.69) is 6.92 Å². The van der Waals surface area contributed by atoms with Crippen molar-refractivity contribution in [1.82, 2.24) is 23.2 Å². The SMILES string of the molecule is CCCCN1C=c2c(c(=O)n(C)c(=O)n2C)=CC1c1c(C)n(C)c(=O)n(C)c1=O. The van der Waals surface area contributed by atoms with E-state index in [1.165, 1.54) is 23.2 Å². The van der Waals surface area contributed by atoms with Gasteiger partial charge < -0.3 is 9.47 Å². The maximum atomic E-state index is 13.0. The first-order chi connectivity index (χ1) is 13.6. The van der Waals surface area contributed by atoms with Crippen molar-refractivity contribution in [2.45, 2.75) is 32.7 Å². The van der Waals surface area contributed by atoms with Crippen molar-refractivity contribution in [3.05, 3.63) is 63.5 Å². The number of hydrogen-bond acceptors (Lipinski definition) is 5. The van der Waals surface area contributed by atoms with E-state index in [1.54, 1.807) is 33.3 Å². The lowest BCUT2D eigenvalue weighted by molar-refractivity contribution is 0.350. The van der Waals surface area contributed by atoms with Crippen molar-refractivity contribution >= 4 is 12.3 Å². The highest BCUT2D eigenvalue weighted by atomic mass is 16.2. The highest BCUT2D eigenvalue weighted by Crippen LogP contribution is 2.23. The Balaban J connectivity index is 2.43. The zero-order valence-corrected chi connectivity index (χ0v) is 17.7. The molecule has 0 aromatic carbocycles. The molecule has 29 heavy (non-hydrogen) atoms.